The quantitative estimate of drug-likeness (QED) is 0.868. The monoisotopic (exact) mass is 284 g/mol. The number of benzene rings is 1. The molecule has 0 saturated heterocycles. The van der Waals surface area contributed by atoms with Gasteiger partial charge in [-0.05, 0) is 31.0 Å². The zero-order valence-electron chi connectivity index (χ0n) is 10.1. The number of hydrogen-bond acceptors (Lipinski definition) is 4. The first-order chi connectivity index (χ1) is 9.00. The highest BCUT2D eigenvalue weighted by atomic mass is 32.2. The molecule has 1 aromatic carbocycles. The second kappa shape index (κ2) is 5.25. The van der Waals surface area contributed by atoms with Gasteiger partial charge in [0.2, 0.25) is 10.0 Å². The average Bonchev–Trinajstić information content (AvgIpc) is 3.19. The van der Waals surface area contributed by atoms with Crippen LogP contribution in [0.2, 0.25) is 0 Å². The van der Waals surface area contributed by atoms with E-state index in [1.54, 1.807) is 6.07 Å². The molecule has 0 aliphatic heterocycles. The molecule has 1 aliphatic rings. The van der Waals surface area contributed by atoms with Crippen LogP contribution in [0.4, 0.5) is 4.39 Å². The summed E-state index contributed by atoms with van der Waals surface area (Å²) in [5, 5.41) is 17.6. The summed E-state index contributed by atoms with van der Waals surface area (Å²) in [5.74, 6) is -0.942. The largest absolute Gasteiger partial charge is 0.395 e. The molecule has 1 saturated carbocycles. The van der Waals surface area contributed by atoms with Crippen LogP contribution in [-0.4, -0.2) is 37.0 Å². The third-order valence-electron chi connectivity index (χ3n) is 2.92. The van der Waals surface area contributed by atoms with E-state index >= 15 is 0 Å². The van der Waals surface area contributed by atoms with E-state index < -0.39 is 20.7 Å². The van der Waals surface area contributed by atoms with Gasteiger partial charge >= 0.3 is 0 Å². The predicted molar refractivity (Wildman–Crippen MR) is 65.1 cm³/mol. The number of halogens is 1. The van der Waals surface area contributed by atoms with Crippen LogP contribution in [0.15, 0.2) is 23.1 Å². The number of aliphatic hydroxyl groups is 1. The molecule has 1 fully saturated rings. The predicted octanol–water partition coefficient (Wildman–Crippen LogP) is 0.843. The molecular formula is C12H13FN2O3S. The van der Waals surface area contributed by atoms with Gasteiger partial charge in [0.1, 0.15) is 10.7 Å². The van der Waals surface area contributed by atoms with E-state index in [1.165, 1.54) is 6.07 Å². The van der Waals surface area contributed by atoms with Gasteiger partial charge in [0.05, 0.1) is 18.2 Å². The van der Waals surface area contributed by atoms with Gasteiger partial charge in [-0.1, -0.05) is 0 Å². The van der Waals surface area contributed by atoms with Gasteiger partial charge in [-0.15, -0.1) is 0 Å². The minimum absolute atomic E-state index is 0.0492. The van der Waals surface area contributed by atoms with Crippen LogP contribution in [0, 0.1) is 17.1 Å². The lowest BCUT2D eigenvalue weighted by atomic mass is 10.2. The molecule has 5 nitrogen and oxygen atoms in total. The zero-order valence-corrected chi connectivity index (χ0v) is 10.9. The minimum atomic E-state index is -3.97. The Morgan fingerprint density at radius 3 is 2.63 bits per heavy atom. The fraction of sp³-hybridized carbons (Fsp3) is 0.417. The summed E-state index contributed by atoms with van der Waals surface area (Å²) in [4.78, 5) is -0.452. The van der Waals surface area contributed by atoms with Crippen molar-refractivity contribution in [3.63, 3.8) is 0 Å². The van der Waals surface area contributed by atoms with Crippen molar-refractivity contribution in [2.75, 3.05) is 13.2 Å². The molecule has 0 spiro atoms. The van der Waals surface area contributed by atoms with Crippen LogP contribution in [0.5, 0.6) is 0 Å². The van der Waals surface area contributed by atoms with E-state index in [0.717, 1.165) is 29.3 Å². The van der Waals surface area contributed by atoms with Gasteiger partial charge in [-0.3, -0.25) is 0 Å². The number of hydrogen-bond donors (Lipinski definition) is 1. The van der Waals surface area contributed by atoms with Crippen molar-refractivity contribution in [1.82, 2.24) is 4.31 Å². The van der Waals surface area contributed by atoms with Crippen molar-refractivity contribution < 1.29 is 17.9 Å². The van der Waals surface area contributed by atoms with E-state index in [1.807, 2.05) is 0 Å². The lowest BCUT2D eigenvalue weighted by Gasteiger charge is -2.21. The summed E-state index contributed by atoms with van der Waals surface area (Å²) in [5.41, 5.74) is 0.0663. The minimum Gasteiger partial charge on any atom is -0.395 e. The van der Waals surface area contributed by atoms with E-state index in [0.29, 0.717) is 0 Å². The Labute approximate surface area is 110 Å². The summed E-state index contributed by atoms with van der Waals surface area (Å²) in [6.45, 7) is -0.361. The average molecular weight is 284 g/mol. The van der Waals surface area contributed by atoms with Crippen LogP contribution < -0.4 is 0 Å². The molecule has 0 heterocycles. The van der Waals surface area contributed by atoms with Gasteiger partial charge in [0.25, 0.3) is 0 Å². The van der Waals surface area contributed by atoms with Crippen LogP contribution in [0.25, 0.3) is 0 Å². The SMILES string of the molecule is N#Cc1ccc(S(=O)(=O)N(CCO)C2CC2)c(F)c1. The molecule has 0 bridgehead atoms. The highest BCUT2D eigenvalue weighted by Gasteiger charge is 2.38. The Hall–Kier alpha value is -1.49. The van der Waals surface area contributed by atoms with E-state index in [2.05, 4.69) is 0 Å². The maximum absolute atomic E-state index is 13.8. The Morgan fingerprint density at radius 1 is 1.47 bits per heavy atom. The molecule has 19 heavy (non-hydrogen) atoms. The lowest BCUT2D eigenvalue weighted by Crippen LogP contribution is -2.36. The topological polar surface area (TPSA) is 81.4 Å². The second-order valence-corrected chi connectivity index (χ2v) is 6.19. The summed E-state index contributed by atoms with van der Waals surface area (Å²) in [6, 6.07) is 4.84. The molecule has 1 aliphatic carbocycles. The molecule has 0 aromatic heterocycles. The normalized spacial score (nSPS) is 15.5. The van der Waals surface area contributed by atoms with Crippen LogP contribution in [0.3, 0.4) is 0 Å². The number of rotatable bonds is 5. The summed E-state index contributed by atoms with van der Waals surface area (Å²) < 4.78 is 39.6. The van der Waals surface area contributed by atoms with Crippen LogP contribution >= 0.6 is 0 Å². The lowest BCUT2D eigenvalue weighted by molar-refractivity contribution is 0.250. The number of nitriles is 1. The Balaban J connectivity index is 2.41. The van der Waals surface area contributed by atoms with Gasteiger partial charge in [-0.2, -0.15) is 9.57 Å². The van der Waals surface area contributed by atoms with E-state index in [9.17, 15) is 12.8 Å². The first kappa shape index (κ1) is 13.9. The Morgan fingerprint density at radius 2 is 2.16 bits per heavy atom. The highest BCUT2D eigenvalue weighted by molar-refractivity contribution is 7.89. The number of aliphatic hydroxyl groups excluding tert-OH is 1. The van der Waals surface area contributed by atoms with Gasteiger partial charge in [0.15, 0.2) is 0 Å². The third-order valence-corrected chi connectivity index (χ3v) is 4.91. The van der Waals surface area contributed by atoms with Gasteiger partial charge < -0.3 is 5.11 Å². The van der Waals surface area contributed by atoms with Crippen LogP contribution in [0.1, 0.15) is 18.4 Å². The first-order valence-corrected chi connectivity index (χ1v) is 7.27. The van der Waals surface area contributed by atoms with Crippen molar-refractivity contribution in [3.8, 4) is 6.07 Å². The van der Waals surface area contributed by atoms with Crippen molar-refractivity contribution in [1.29, 1.82) is 5.26 Å². The van der Waals surface area contributed by atoms with E-state index in [4.69, 9.17) is 10.4 Å². The molecular weight excluding hydrogens is 271 g/mol. The van der Waals surface area contributed by atoms with Crippen molar-refractivity contribution in [2.24, 2.45) is 0 Å². The van der Waals surface area contributed by atoms with Crippen molar-refractivity contribution in [3.05, 3.63) is 29.6 Å². The highest BCUT2D eigenvalue weighted by Crippen LogP contribution is 2.32. The third kappa shape index (κ3) is 2.76. The molecule has 1 N–H and O–H groups in total. The molecule has 1 aromatic rings. The molecule has 102 valence electrons. The Bertz CT molecular complexity index is 620. The number of nitrogens with zero attached hydrogens (tertiary/aromatic N) is 2. The summed E-state index contributed by atoms with van der Waals surface area (Å²) in [7, 11) is -3.97. The van der Waals surface area contributed by atoms with Crippen molar-refractivity contribution in [2.45, 2.75) is 23.8 Å². The molecule has 0 amide bonds. The van der Waals surface area contributed by atoms with Crippen molar-refractivity contribution >= 4 is 10.0 Å². The standard InChI is InChI=1S/C12H13FN2O3S/c13-11-7-9(8-14)1-4-12(11)19(17,18)15(5-6-16)10-2-3-10/h1,4,7,10,16H,2-3,5-6H2. The molecule has 2 rings (SSSR count). The van der Waals surface area contributed by atoms with Gasteiger partial charge in [0, 0.05) is 12.6 Å². The maximum atomic E-state index is 13.8. The Kier molecular flexibility index (Phi) is 3.85. The number of sulfonamides is 1. The molecule has 0 atom stereocenters. The fourth-order valence-corrected chi connectivity index (χ4v) is 3.59. The zero-order chi connectivity index (χ0) is 14.0. The summed E-state index contributed by atoms with van der Waals surface area (Å²) in [6.07, 6.45) is 1.44. The van der Waals surface area contributed by atoms with Gasteiger partial charge in [-0.25, -0.2) is 12.8 Å². The maximum Gasteiger partial charge on any atom is 0.246 e. The first-order valence-electron chi connectivity index (χ1n) is 5.83. The van der Waals surface area contributed by atoms with Crippen LogP contribution in [-0.2, 0) is 10.0 Å². The second-order valence-electron chi connectivity index (χ2n) is 4.33. The van der Waals surface area contributed by atoms with E-state index in [-0.39, 0.29) is 24.8 Å². The molecule has 0 unspecified atom stereocenters. The fourth-order valence-electron chi connectivity index (χ4n) is 1.87. The molecule has 7 heteroatoms. The smallest absolute Gasteiger partial charge is 0.246 e. The molecule has 0 radical (unpaired) electrons. The summed E-state index contributed by atoms with van der Waals surface area (Å²) >= 11 is 0.